The molecular formula is C19H20N2. The molecule has 3 aromatic rings. The fourth-order valence-electron chi connectivity index (χ4n) is 2.54. The molecule has 0 aliphatic rings. The molecule has 21 heavy (non-hydrogen) atoms. The Bertz CT molecular complexity index is 714. The highest BCUT2D eigenvalue weighted by atomic mass is 15.0. The highest BCUT2D eigenvalue weighted by Crippen LogP contribution is 2.22. The van der Waals surface area contributed by atoms with Crippen LogP contribution in [0, 0.1) is 6.92 Å². The van der Waals surface area contributed by atoms with Crippen molar-refractivity contribution < 1.29 is 0 Å². The lowest BCUT2D eigenvalue weighted by molar-refractivity contribution is 0.882. The van der Waals surface area contributed by atoms with E-state index in [1.54, 1.807) is 0 Å². The zero-order valence-electron chi connectivity index (χ0n) is 12.5. The van der Waals surface area contributed by atoms with Gasteiger partial charge in [-0.15, -0.1) is 0 Å². The van der Waals surface area contributed by atoms with E-state index in [1.165, 1.54) is 16.8 Å². The van der Waals surface area contributed by atoms with Crippen LogP contribution in [0.3, 0.4) is 0 Å². The minimum absolute atomic E-state index is 0.282. The first-order chi connectivity index (χ1) is 10.2. The molecule has 1 aromatic heterocycles. The summed E-state index contributed by atoms with van der Waals surface area (Å²) in [7, 11) is 0. The van der Waals surface area contributed by atoms with Crippen molar-refractivity contribution in [3.8, 4) is 5.69 Å². The van der Waals surface area contributed by atoms with Gasteiger partial charge in [-0.1, -0.05) is 35.9 Å². The topological polar surface area (TPSA) is 17.0 Å². The third-order valence-corrected chi connectivity index (χ3v) is 3.67. The average Bonchev–Trinajstić information content (AvgIpc) is 3.02. The Morgan fingerprint density at radius 2 is 1.67 bits per heavy atom. The van der Waals surface area contributed by atoms with Crippen molar-refractivity contribution in [3.63, 3.8) is 0 Å². The molecule has 106 valence electrons. The van der Waals surface area contributed by atoms with E-state index in [1.807, 2.05) is 12.1 Å². The Hall–Kier alpha value is -2.48. The van der Waals surface area contributed by atoms with E-state index in [2.05, 4.69) is 84.7 Å². The van der Waals surface area contributed by atoms with E-state index < -0.39 is 0 Å². The molecule has 0 aliphatic heterocycles. The lowest BCUT2D eigenvalue weighted by atomic mass is 10.1. The number of nitrogens with one attached hydrogen (secondary N) is 1. The summed E-state index contributed by atoms with van der Waals surface area (Å²) in [6.07, 6.45) is 4.12. The van der Waals surface area contributed by atoms with Crippen LogP contribution in [-0.2, 0) is 0 Å². The monoisotopic (exact) mass is 276 g/mol. The molecule has 0 aliphatic carbocycles. The van der Waals surface area contributed by atoms with Crippen molar-refractivity contribution in [2.24, 2.45) is 0 Å². The summed E-state index contributed by atoms with van der Waals surface area (Å²) in [6.45, 7) is 4.32. The second-order valence-electron chi connectivity index (χ2n) is 5.42. The van der Waals surface area contributed by atoms with Gasteiger partial charge in [0.15, 0.2) is 0 Å². The first-order valence-electron chi connectivity index (χ1n) is 7.29. The SMILES string of the molecule is Cc1cccc(C(C)Nc2cccc(-n3cccc3)c2)c1. The van der Waals surface area contributed by atoms with Gasteiger partial charge in [0, 0.05) is 29.8 Å². The maximum atomic E-state index is 3.57. The Morgan fingerprint density at radius 3 is 2.43 bits per heavy atom. The maximum absolute atomic E-state index is 3.57. The van der Waals surface area contributed by atoms with Gasteiger partial charge >= 0.3 is 0 Å². The van der Waals surface area contributed by atoms with E-state index in [0.29, 0.717) is 0 Å². The summed E-state index contributed by atoms with van der Waals surface area (Å²) in [5, 5.41) is 3.57. The molecule has 0 radical (unpaired) electrons. The van der Waals surface area contributed by atoms with Crippen LogP contribution in [-0.4, -0.2) is 4.57 Å². The van der Waals surface area contributed by atoms with Crippen LogP contribution in [0.1, 0.15) is 24.1 Å². The van der Waals surface area contributed by atoms with Crippen LogP contribution in [0.2, 0.25) is 0 Å². The Morgan fingerprint density at radius 1 is 0.905 bits per heavy atom. The molecule has 2 heteroatoms. The molecule has 2 nitrogen and oxygen atoms in total. The van der Waals surface area contributed by atoms with Crippen LogP contribution in [0.25, 0.3) is 5.69 Å². The fourth-order valence-corrected chi connectivity index (χ4v) is 2.54. The first-order valence-corrected chi connectivity index (χ1v) is 7.29. The van der Waals surface area contributed by atoms with Crippen LogP contribution in [0.5, 0.6) is 0 Å². The highest BCUT2D eigenvalue weighted by Gasteiger charge is 2.06. The molecule has 0 fully saturated rings. The van der Waals surface area contributed by atoms with E-state index in [4.69, 9.17) is 0 Å². The molecular weight excluding hydrogens is 256 g/mol. The molecule has 2 aromatic carbocycles. The van der Waals surface area contributed by atoms with E-state index in [9.17, 15) is 0 Å². The molecule has 1 atom stereocenters. The summed E-state index contributed by atoms with van der Waals surface area (Å²) in [6, 6.07) is 21.5. The molecule has 1 N–H and O–H groups in total. The number of anilines is 1. The minimum Gasteiger partial charge on any atom is -0.378 e. The van der Waals surface area contributed by atoms with Gasteiger partial charge in [-0.25, -0.2) is 0 Å². The van der Waals surface area contributed by atoms with E-state index in [-0.39, 0.29) is 6.04 Å². The summed E-state index contributed by atoms with van der Waals surface area (Å²) in [5.74, 6) is 0. The number of nitrogens with zero attached hydrogens (tertiary/aromatic N) is 1. The minimum atomic E-state index is 0.282. The maximum Gasteiger partial charge on any atom is 0.0485 e. The lowest BCUT2D eigenvalue weighted by Crippen LogP contribution is -2.07. The fraction of sp³-hybridized carbons (Fsp3) is 0.158. The standard InChI is InChI=1S/C19H20N2/c1-15-7-5-8-17(13-15)16(2)20-18-9-6-10-19(14-18)21-11-3-4-12-21/h3-14,16,20H,1-2H3. The van der Waals surface area contributed by atoms with Gasteiger partial charge in [0.25, 0.3) is 0 Å². The molecule has 0 bridgehead atoms. The molecule has 0 spiro atoms. The van der Waals surface area contributed by atoms with Gasteiger partial charge in [-0.3, -0.25) is 0 Å². The van der Waals surface area contributed by atoms with Gasteiger partial charge < -0.3 is 9.88 Å². The van der Waals surface area contributed by atoms with Gasteiger partial charge in [0.1, 0.15) is 0 Å². The quantitative estimate of drug-likeness (QED) is 0.712. The van der Waals surface area contributed by atoms with Crippen molar-refractivity contribution in [2.45, 2.75) is 19.9 Å². The Kier molecular flexibility index (Phi) is 3.78. The normalized spacial score (nSPS) is 12.1. The first kappa shape index (κ1) is 13.5. The van der Waals surface area contributed by atoms with Gasteiger partial charge in [0.2, 0.25) is 0 Å². The van der Waals surface area contributed by atoms with Gasteiger partial charge in [-0.05, 0) is 49.7 Å². The zero-order chi connectivity index (χ0) is 14.7. The number of aromatic nitrogens is 1. The molecule has 3 rings (SSSR count). The van der Waals surface area contributed by atoms with Crippen molar-refractivity contribution in [2.75, 3.05) is 5.32 Å². The van der Waals surface area contributed by atoms with Crippen molar-refractivity contribution >= 4 is 5.69 Å². The number of aryl methyl sites for hydroxylation is 1. The Labute approximate surface area is 126 Å². The van der Waals surface area contributed by atoms with Crippen molar-refractivity contribution in [1.29, 1.82) is 0 Å². The second-order valence-corrected chi connectivity index (χ2v) is 5.42. The zero-order valence-corrected chi connectivity index (χ0v) is 12.5. The average molecular weight is 276 g/mol. The molecule has 0 saturated carbocycles. The van der Waals surface area contributed by atoms with Crippen molar-refractivity contribution in [3.05, 3.63) is 84.2 Å². The van der Waals surface area contributed by atoms with Crippen LogP contribution in [0.4, 0.5) is 5.69 Å². The predicted octanol–water partition coefficient (Wildman–Crippen LogP) is 4.96. The molecule has 0 amide bonds. The summed E-state index contributed by atoms with van der Waals surface area (Å²) in [4.78, 5) is 0. The van der Waals surface area contributed by atoms with Crippen molar-refractivity contribution in [1.82, 2.24) is 4.57 Å². The molecule has 1 unspecified atom stereocenters. The second kappa shape index (κ2) is 5.88. The Balaban J connectivity index is 1.80. The highest BCUT2D eigenvalue weighted by molar-refractivity contribution is 5.52. The van der Waals surface area contributed by atoms with Crippen LogP contribution >= 0.6 is 0 Å². The predicted molar refractivity (Wildman–Crippen MR) is 89.0 cm³/mol. The molecule has 0 saturated heterocycles. The van der Waals surface area contributed by atoms with Crippen LogP contribution in [0.15, 0.2) is 73.1 Å². The van der Waals surface area contributed by atoms with E-state index in [0.717, 1.165) is 5.69 Å². The lowest BCUT2D eigenvalue weighted by Gasteiger charge is -2.17. The summed E-state index contributed by atoms with van der Waals surface area (Å²) in [5.41, 5.74) is 4.90. The largest absolute Gasteiger partial charge is 0.378 e. The number of benzene rings is 2. The van der Waals surface area contributed by atoms with Gasteiger partial charge in [-0.2, -0.15) is 0 Å². The smallest absolute Gasteiger partial charge is 0.0485 e. The third-order valence-electron chi connectivity index (χ3n) is 3.67. The van der Waals surface area contributed by atoms with E-state index >= 15 is 0 Å². The number of hydrogen-bond acceptors (Lipinski definition) is 1. The third kappa shape index (κ3) is 3.16. The summed E-state index contributed by atoms with van der Waals surface area (Å²) < 4.78 is 2.11. The molecule has 1 heterocycles. The number of hydrogen-bond donors (Lipinski definition) is 1. The summed E-state index contributed by atoms with van der Waals surface area (Å²) >= 11 is 0. The van der Waals surface area contributed by atoms with Crippen LogP contribution < -0.4 is 5.32 Å². The van der Waals surface area contributed by atoms with Gasteiger partial charge in [0.05, 0.1) is 0 Å². The number of rotatable bonds is 4.